The minimum Gasteiger partial charge on any atom is -0.493 e. The maximum absolute atomic E-state index is 15.4. The van der Waals surface area contributed by atoms with Gasteiger partial charge in [0.15, 0.2) is 46.2 Å². The summed E-state index contributed by atoms with van der Waals surface area (Å²) >= 11 is 2.35. The van der Waals surface area contributed by atoms with E-state index in [0.29, 0.717) is 38.9 Å². The summed E-state index contributed by atoms with van der Waals surface area (Å²) < 4.78 is 54.3. The number of Topliss-reactive ketones (excluding diaryl/α,β-unsaturated/α-hetero) is 2. The number of carboxylic acid groups (broad SMARTS) is 1. The van der Waals surface area contributed by atoms with Crippen molar-refractivity contribution in [2.75, 3.05) is 27.4 Å². The summed E-state index contributed by atoms with van der Waals surface area (Å²) in [6.45, 7) is 1.85. The van der Waals surface area contributed by atoms with Gasteiger partial charge in [-0.1, -0.05) is 13.3 Å². The highest BCUT2D eigenvalue weighted by Crippen LogP contribution is 2.42. The number of carbonyl (C=O) groups is 3. The number of unbranched alkanes of at least 4 members (excludes halogenated alkanes) is 2. The lowest BCUT2D eigenvalue weighted by Crippen LogP contribution is -2.20. The molecule has 1 atom stereocenters. The number of ketones is 2. The molecule has 0 saturated heterocycles. The van der Waals surface area contributed by atoms with E-state index in [-0.39, 0.29) is 70.4 Å². The summed E-state index contributed by atoms with van der Waals surface area (Å²) in [5.41, 5.74) is 0. The second-order valence-corrected chi connectivity index (χ2v) is 13.3. The van der Waals surface area contributed by atoms with Gasteiger partial charge in [-0.2, -0.15) is 0 Å². The zero-order chi connectivity index (χ0) is 32.2. The minimum absolute atomic E-state index is 0.00725. The van der Waals surface area contributed by atoms with Crippen LogP contribution in [0.2, 0.25) is 0 Å². The molecule has 0 bridgehead atoms. The molecule has 0 amide bonds. The number of benzene rings is 2. The van der Waals surface area contributed by atoms with Crippen LogP contribution in [0.25, 0.3) is 20.2 Å². The molecule has 1 aliphatic rings. The quantitative estimate of drug-likeness (QED) is 0.0945. The summed E-state index contributed by atoms with van der Waals surface area (Å²) in [6, 6.07) is 6.33. The maximum atomic E-state index is 15.4. The lowest BCUT2D eigenvalue weighted by Gasteiger charge is -2.22. The highest BCUT2D eigenvalue weighted by molar-refractivity contribution is 7.21. The first kappa shape index (κ1) is 32.6. The van der Waals surface area contributed by atoms with Gasteiger partial charge in [-0.3, -0.25) is 14.4 Å². The first-order chi connectivity index (χ1) is 21.6. The van der Waals surface area contributed by atoms with Gasteiger partial charge in [-0.25, -0.2) is 8.78 Å². The lowest BCUT2D eigenvalue weighted by atomic mass is 9.82. The standard InChI is InChI=1S/C33H34F2O8S2/c1-17(33(38)39)12-21(36)26-13-19-24(44-26)15-22(40-2)31(28(19)34)42-10-5-4-6-11-43-32-23(41-3)16-25-20(29(32)35)14-27(45-25)30(37)18-8-7-9-18/h13-18H,4-12H2,1-3H3,(H,38,39). The molecule has 8 nitrogen and oxygen atoms in total. The Kier molecular flexibility index (Phi) is 10.2. The third-order valence-corrected chi connectivity index (χ3v) is 10.2. The predicted molar refractivity (Wildman–Crippen MR) is 169 cm³/mol. The van der Waals surface area contributed by atoms with Crippen molar-refractivity contribution in [3.8, 4) is 23.0 Å². The predicted octanol–water partition coefficient (Wildman–Crippen LogP) is 8.32. The van der Waals surface area contributed by atoms with Crippen LogP contribution in [-0.4, -0.2) is 50.1 Å². The van der Waals surface area contributed by atoms with Crippen LogP contribution in [0.3, 0.4) is 0 Å². The smallest absolute Gasteiger partial charge is 0.306 e. The molecule has 2 heterocycles. The van der Waals surface area contributed by atoms with Gasteiger partial charge in [0.05, 0.1) is 43.1 Å². The zero-order valence-corrected chi connectivity index (χ0v) is 26.8. The third-order valence-electron chi connectivity index (χ3n) is 7.99. The van der Waals surface area contributed by atoms with Crippen molar-refractivity contribution in [2.24, 2.45) is 11.8 Å². The van der Waals surface area contributed by atoms with Gasteiger partial charge in [-0.05, 0) is 44.2 Å². The number of methoxy groups -OCH3 is 2. The summed E-state index contributed by atoms with van der Waals surface area (Å²) in [7, 11) is 2.84. The van der Waals surface area contributed by atoms with E-state index in [4.69, 9.17) is 24.1 Å². The summed E-state index contributed by atoms with van der Waals surface area (Å²) in [5, 5.41) is 9.64. The molecule has 240 valence electrons. The molecule has 0 aliphatic heterocycles. The van der Waals surface area contributed by atoms with Crippen molar-refractivity contribution in [1.82, 2.24) is 0 Å². The van der Waals surface area contributed by atoms with Crippen LogP contribution >= 0.6 is 22.7 Å². The fourth-order valence-corrected chi connectivity index (χ4v) is 7.24. The van der Waals surface area contributed by atoms with Crippen LogP contribution in [0.1, 0.15) is 71.2 Å². The van der Waals surface area contributed by atoms with Gasteiger partial charge in [0.25, 0.3) is 0 Å². The largest absolute Gasteiger partial charge is 0.493 e. The van der Waals surface area contributed by atoms with Crippen LogP contribution < -0.4 is 18.9 Å². The topological polar surface area (TPSA) is 108 Å². The molecule has 1 N–H and O–H groups in total. The highest BCUT2D eigenvalue weighted by atomic mass is 32.1. The summed E-state index contributed by atoms with van der Waals surface area (Å²) in [6.07, 6.45) is 4.40. The van der Waals surface area contributed by atoms with Crippen LogP contribution in [0, 0.1) is 23.5 Å². The Hall–Kier alpha value is -3.77. The van der Waals surface area contributed by atoms with E-state index in [9.17, 15) is 14.4 Å². The van der Waals surface area contributed by atoms with Gasteiger partial charge in [-0.15, -0.1) is 22.7 Å². The average Bonchev–Trinajstić information content (AvgIpc) is 3.62. The van der Waals surface area contributed by atoms with E-state index in [0.717, 1.165) is 30.6 Å². The SMILES string of the molecule is COc1cc2sc(C(=O)CC(C)C(=O)O)cc2c(F)c1OCCCCCOc1c(OC)cc2sc(C(=O)C3CCC3)cc2c1F. The van der Waals surface area contributed by atoms with E-state index >= 15 is 8.78 Å². The molecule has 1 unspecified atom stereocenters. The van der Waals surface area contributed by atoms with Gasteiger partial charge in [0.1, 0.15) is 0 Å². The normalized spacial score (nSPS) is 13.9. The van der Waals surface area contributed by atoms with Crippen molar-refractivity contribution in [1.29, 1.82) is 0 Å². The fraction of sp³-hybridized carbons (Fsp3) is 0.424. The lowest BCUT2D eigenvalue weighted by molar-refractivity contribution is -0.141. The van der Waals surface area contributed by atoms with Crippen molar-refractivity contribution >= 4 is 60.4 Å². The van der Waals surface area contributed by atoms with Crippen LogP contribution in [0.4, 0.5) is 8.78 Å². The molecule has 5 rings (SSSR count). The van der Waals surface area contributed by atoms with E-state index in [1.54, 1.807) is 18.2 Å². The number of hydrogen-bond donors (Lipinski definition) is 1. The first-order valence-electron chi connectivity index (χ1n) is 14.8. The minimum atomic E-state index is -1.07. The van der Waals surface area contributed by atoms with Crippen molar-refractivity contribution in [2.45, 2.75) is 51.9 Å². The van der Waals surface area contributed by atoms with Crippen LogP contribution in [0.15, 0.2) is 24.3 Å². The Morgan fingerprint density at radius 2 is 1.36 bits per heavy atom. The second-order valence-electron chi connectivity index (χ2n) is 11.1. The number of rotatable bonds is 16. The van der Waals surface area contributed by atoms with Gasteiger partial charge < -0.3 is 24.1 Å². The van der Waals surface area contributed by atoms with Crippen molar-refractivity contribution in [3.63, 3.8) is 0 Å². The molecule has 2 aromatic heterocycles. The molecule has 45 heavy (non-hydrogen) atoms. The molecule has 1 aliphatic carbocycles. The molecule has 1 fully saturated rings. The number of halogens is 2. The Bertz CT molecular complexity index is 1740. The Morgan fingerprint density at radius 1 is 0.844 bits per heavy atom. The number of hydrogen-bond acceptors (Lipinski definition) is 9. The Labute approximate surface area is 266 Å². The maximum Gasteiger partial charge on any atom is 0.306 e. The Morgan fingerprint density at radius 3 is 1.82 bits per heavy atom. The number of aliphatic carboxylic acids is 1. The van der Waals surface area contributed by atoms with Crippen LogP contribution in [-0.2, 0) is 4.79 Å². The van der Waals surface area contributed by atoms with Gasteiger partial charge in [0.2, 0.25) is 0 Å². The highest BCUT2D eigenvalue weighted by Gasteiger charge is 2.29. The third kappa shape index (κ3) is 6.91. The zero-order valence-electron chi connectivity index (χ0n) is 25.2. The first-order valence-corrected chi connectivity index (χ1v) is 16.4. The van der Waals surface area contributed by atoms with E-state index in [1.807, 2.05) is 0 Å². The monoisotopic (exact) mass is 660 g/mol. The molecule has 12 heteroatoms. The second kappa shape index (κ2) is 14.1. The van der Waals surface area contributed by atoms with Crippen molar-refractivity contribution in [3.05, 3.63) is 45.7 Å². The van der Waals surface area contributed by atoms with Gasteiger partial charge >= 0.3 is 5.97 Å². The van der Waals surface area contributed by atoms with Crippen molar-refractivity contribution < 1.29 is 47.2 Å². The number of carbonyl (C=O) groups excluding carboxylic acids is 2. The fourth-order valence-electron chi connectivity index (χ4n) is 5.10. The molecule has 0 spiro atoms. The number of fused-ring (bicyclic) bond motifs is 2. The number of thiophene rings is 2. The Balaban J connectivity index is 1.16. The van der Waals surface area contributed by atoms with Gasteiger partial charge in [0, 0.05) is 44.6 Å². The van der Waals surface area contributed by atoms with E-state index < -0.39 is 23.5 Å². The molecular formula is C33H34F2O8S2. The average molecular weight is 661 g/mol. The van der Waals surface area contributed by atoms with E-state index in [1.165, 1.54) is 38.5 Å². The molecule has 0 radical (unpaired) electrons. The summed E-state index contributed by atoms with van der Waals surface area (Å²) in [5.74, 6) is -3.00. The van der Waals surface area contributed by atoms with E-state index in [2.05, 4.69) is 0 Å². The molecule has 2 aromatic carbocycles. The number of ether oxygens (including phenoxy) is 4. The molecule has 1 saturated carbocycles. The van der Waals surface area contributed by atoms with Crippen LogP contribution in [0.5, 0.6) is 23.0 Å². The molecule has 4 aromatic rings. The number of carboxylic acids is 1. The molecular weight excluding hydrogens is 626 g/mol. The summed E-state index contributed by atoms with van der Waals surface area (Å²) in [4.78, 5) is 37.2.